The zero-order valence-corrected chi connectivity index (χ0v) is 12.6. The minimum atomic E-state index is -0.739. The largest absolute Gasteiger partial charge is 0.481 e. The van der Waals surface area contributed by atoms with Gasteiger partial charge in [-0.3, -0.25) is 4.79 Å². The van der Waals surface area contributed by atoms with Crippen LogP contribution in [0.1, 0.15) is 32.3 Å². The van der Waals surface area contributed by atoms with E-state index >= 15 is 0 Å². The molecular formula is C15H22ClNO2. The van der Waals surface area contributed by atoms with Crippen LogP contribution in [0.2, 0.25) is 5.02 Å². The van der Waals surface area contributed by atoms with E-state index in [0.29, 0.717) is 17.9 Å². The number of hydrogen-bond donors (Lipinski definition) is 1. The summed E-state index contributed by atoms with van der Waals surface area (Å²) in [5.41, 5.74) is 0.124. The summed E-state index contributed by atoms with van der Waals surface area (Å²) in [6.07, 6.45) is 1.31. The van der Waals surface area contributed by atoms with Crippen LogP contribution in [0, 0.1) is 0 Å². The van der Waals surface area contributed by atoms with Crippen LogP contribution in [-0.2, 0) is 10.2 Å². The molecule has 19 heavy (non-hydrogen) atoms. The summed E-state index contributed by atoms with van der Waals surface area (Å²) in [7, 11) is 2.02. The first-order valence-electron chi connectivity index (χ1n) is 6.72. The predicted octanol–water partition coefficient (Wildman–Crippen LogP) is 3.41. The van der Waals surface area contributed by atoms with Crippen molar-refractivity contribution in [2.75, 3.05) is 20.1 Å². The van der Waals surface area contributed by atoms with Crippen LogP contribution in [0.15, 0.2) is 24.3 Å². The van der Waals surface area contributed by atoms with E-state index in [1.807, 2.05) is 33.0 Å². The number of hydrogen-bond acceptors (Lipinski definition) is 2. The van der Waals surface area contributed by atoms with Gasteiger partial charge < -0.3 is 10.0 Å². The highest BCUT2D eigenvalue weighted by Crippen LogP contribution is 2.36. The molecule has 1 saturated heterocycles. The summed E-state index contributed by atoms with van der Waals surface area (Å²) in [5.74, 6) is -0.729. The highest BCUT2D eigenvalue weighted by molar-refractivity contribution is 6.30. The first kappa shape index (κ1) is 16.0. The van der Waals surface area contributed by atoms with E-state index in [9.17, 15) is 9.90 Å². The monoisotopic (exact) mass is 283 g/mol. The summed E-state index contributed by atoms with van der Waals surface area (Å²) in [6.45, 7) is 5.63. The van der Waals surface area contributed by atoms with Crippen molar-refractivity contribution in [2.24, 2.45) is 0 Å². The number of nitrogens with zero attached hydrogens (tertiary/aromatic N) is 1. The van der Waals surface area contributed by atoms with Crippen molar-refractivity contribution in [1.82, 2.24) is 4.90 Å². The lowest BCUT2D eigenvalue weighted by Gasteiger charge is -2.37. The van der Waals surface area contributed by atoms with Crippen LogP contribution in [-0.4, -0.2) is 36.1 Å². The third-order valence-corrected chi connectivity index (χ3v) is 3.90. The highest BCUT2D eigenvalue weighted by Gasteiger charge is 2.42. The Morgan fingerprint density at radius 2 is 1.68 bits per heavy atom. The summed E-state index contributed by atoms with van der Waals surface area (Å²) >= 11 is 5.84. The molecule has 0 aliphatic carbocycles. The Balaban J connectivity index is 0.000000861. The topological polar surface area (TPSA) is 40.5 Å². The van der Waals surface area contributed by atoms with E-state index in [2.05, 4.69) is 4.90 Å². The molecule has 0 amide bonds. The number of carboxylic acid groups (broad SMARTS) is 1. The summed E-state index contributed by atoms with van der Waals surface area (Å²) in [4.78, 5) is 13.8. The number of rotatable bonds is 2. The van der Waals surface area contributed by atoms with E-state index in [-0.39, 0.29) is 0 Å². The van der Waals surface area contributed by atoms with Crippen LogP contribution in [0.5, 0.6) is 0 Å². The Labute approximate surface area is 120 Å². The Bertz CT molecular complexity index is 409. The Morgan fingerprint density at radius 3 is 2.11 bits per heavy atom. The maximum atomic E-state index is 11.6. The fraction of sp³-hybridized carbons (Fsp3) is 0.533. The molecule has 3 nitrogen and oxygen atoms in total. The molecule has 4 heteroatoms. The maximum absolute atomic E-state index is 11.6. The van der Waals surface area contributed by atoms with Crippen molar-refractivity contribution < 1.29 is 9.90 Å². The molecule has 1 aromatic carbocycles. The lowest BCUT2D eigenvalue weighted by atomic mass is 9.73. The van der Waals surface area contributed by atoms with Gasteiger partial charge in [-0.2, -0.15) is 0 Å². The minimum Gasteiger partial charge on any atom is -0.481 e. The smallest absolute Gasteiger partial charge is 0.314 e. The highest BCUT2D eigenvalue weighted by atomic mass is 35.5. The second kappa shape index (κ2) is 6.92. The molecule has 106 valence electrons. The summed E-state index contributed by atoms with van der Waals surface area (Å²) < 4.78 is 0. The van der Waals surface area contributed by atoms with E-state index in [0.717, 1.165) is 18.7 Å². The predicted molar refractivity (Wildman–Crippen MR) is 78.8 cm³/mol. The van der Waals surface area contributed by atoms with Crippen LogP contribution in [0.3, 0.4) is 0 Å². The Morgan fingerprint density at radius 1 is 1.21 bits per heavy atom. The van der Waals surface area contributed by atoms with Gasteiger partial charge in [0, 0.05) is 5.02 Å². The van der Waals surface area contributed by atoms with Gasteiger partial charge in [0.25, 0.3) is 0 Å². The molecule has 1 heterocycles. The molecule has 1 aliphatic heterocycles. The van der Waals surface area contributed by atoms with Crippen LogP contribution in [0.4, 0.5) is 0 Å². The van der Waals surface area contributed by atoms with Crippen molar-refractivity contribution in [1.29, 1.82) is 0 Å². The van der Waals surface area contributed by atoms with Gasteiger partial charge in [0.1, 0.15) is 0 Å². The molecule has 0 aromatic heterocycles. The van der Waals surface area contributed by atoms with Gasteiger partial charge in [-0.15, -0.1) is 0 Å². The van der Waals surface area contributed by atoms with Crippen molar-refractivity contribution >= 4 is 17.6 Å². The Kier molecular flexibility index (Phi) is 5.83. The van der Waals surface area contributed by atoms with Crippen LogP contribution < -0.4 is 0 Å². The van der Waals surface area contributed by atoms with Gasteiger partial charge in [0.2, 0.25) is 0 Å². The van der Waals surface area contributed by atoms with Crippen LogP contribution in [0.25, 0.3) is 0 Å². The molecule has 1 fully saturated rings. The van der Waals surface area contributed by atoms with Gasteiger partial charge in [0.05, 0.1) is 5.41 Å². The number of aliphatic carboxylic acids is 1. The summed E-state index contributed by atoms with van der Waals surface area (Å²) in [6, 6.07) is 7.20. The number of likely N-dealkylation sites (tertiary alicyclic amines) is 1. The van der Waals surface area contributed by atoms with Gasteiger partial charge in [-0.05, 0) is 50.7 Å². The maximum Gasteiger partial charge on any atom is 0.314 e. The first-order valence-corrected chi connectivity index (χ1v) is 7.10. The first-order chi connectivity index (χ1) is 9.04. The Hall–Kier alpha value is -1.06. The molecule has 1 aromatic rings. The van der Waals surface area contributed by atoms with Gasteiger partial charge in [-0.1, -0.05) is 37.6 Å². The second-order valence-corrected chi connectivity index (χ2v) is 5.13. The van der Waals surface area contributed by atoms with Crippen molar-refractivity contribution in [3.8, 4) is 0 Å². The molecule has 1 N–H and O–H groups in total. The molecule has 0 unspecified atom stereocenters. The molecule has 0 saturated carbocycles. The number of halogens is 1. The average Bonchev–Trinajstić information content (AvgIpc) is 2.43. The molecule has 0 atom stereocenters. The number of piperidine rings is 1. The van der Waals surface area contributed by atoms with Gasteiger partial charge in [-0.25, -0.2) is 0 Å². The summed E-state index contributed by atoms with van der Waals surface area (Å²) in [5, 5.41) is 10.2. The zero-order valence-electron chi connectivity index (χ0n) is 11.8. The lowest BCUT2D eigenvalue weighted by molar-refractivity contribution is -0.145. The minimum absolute atomic E-state index is 0.641. The number of carboxylic acids is 1. The van der Waals surface area contributed by atoms with E-state index < -0.39 is 11.4 Å². The van der Waals surface area contributed by atoms with Gasteiger partial charge in [0.15, 0.2) is 0 Å². The third kappa shape index (κ3) is 3.48. The van der Waals surface area contributed by atoms with Gasteiger partial charge >= 0.3 is 5.97 Å². The van der Waals surface area contributed by atoms with E-state index in [1.54, 1.807) is 12.1 Å². The quantitative estimate of drug-likeness (QED) is 0.904. The average molecular weight is 284 g/mol. The fourth-order valence-electron chi connectivity index (χ4n) is 2.40. The molecule has 1 aliphatic rings. The molecular weight excluding hydrogens is 262 g/mol. The fourth-order valence-corrected chi connectivity index (χ4v) is 2.52. The van der Waals surface area contributed by atoms with Crippen molar-refractivity contribution in [2.45, 2.75) is 32.1 Å². The molecule has 2 rings (SSSR count). The molecule has 0 bridgehead atoms. The standard InChI is InChI=1S/C13H16ClNO2.C2H6/c1-15-8-6-13(7-9-15,12(16)17)10-2-4-11(14)5-3-10;1-2/h2-5H,6-9H2,1H3,(H,16,17);1-2H3. The SMILES string of the molecule is CC.CN1CCC(C(=O)O)(c2ccc(Cl)cc2)CC1. The lowest BCUT2D eigenvalue weighted by Crippen LogP contribution is -2.46. The molecule has 0 spiro atoms. The normalized spacial score (nSPS) is 18.3. The van der Waals surface area contributed by atoms with E-state index in [4.69, 9.17) is 11.6 Å². The van der Waals surface area contributed by atoms with E-state index in [1.165, 1.54) is 0 Å². The second-order valence-electron chi connectivity index (χ2n) is 4.70. The third-order valence-electron chi connectivity index (χ3n) is 3.65. The van der Waals surface area contributed by atoms with Crippen LogP contribution >= 0.6 is 11.6 Å². The van der Waals surface area contributed by atoms with Crippen molar-refractivity contribution in [3.63, 3.8) is 0 Å². The molecule has 0 radical (unpaired) electrons. The number of benzene rings is 1. The number of carbonyl (C=O) groups is 1. The zero-order chi connectivity index (χ0) is 14.5. The van der Waals surface area contributed by atoms with Crippen molar-refractivity contribution in [3.05, 3.63) is 34.9 Å².